The summed E-state index contributed by atoms with van der Waals surface area (Å²) in [5.74, 6) is -1.11. The molecule has 7 nitrogen and oxygen atoms in total. The molecule has 2 rings (SSSR count). The molecule has 0 aromatic heterocycles. The summed E-state index contributed by atoms with van der Waals surface area (Å²) in [7, 11) is -3.23. The van der Waals surface area contributed by atoms with Crippen molar-refractivity contribution in [2.24, 2.45) is 0 Å². The molecule has 0 bridgehead atoms. The lowest BCUT2D eigenvalue weighted by Crippen LogP contribution is -2.53. The Hall–Kier alpha value is -1.93. The van der Waals surface area contributed by atoms with Gasteiger partial charge in [0.2, 0.25) is 5.91 Å². The van der Waals surface area contributed by atoms with E-state index in [4.69, 9.17) is 9.84 Å². The second-order valence-electron chi connectivity index (χ2n) is 6.56. The van der Waals surface area contributed by atoms with E-state index < -0.39 is 21.3 Å². The summed E-state index contributed by atoms with van der Waals surface area (Å²) in [6.07, 6.45) is 1.51. The number of carbonyl (C=O) groups excluding carboxylic acids is 1. The first-order valence-corrected chi connectivity index (χ1v) is 10.3. The quantitative estimate of drug-likeness (QED) is 0.705. The molecule has 1 saturated heterocycles. The lowest BCUT2D eigenvalue weighted by Gasteiger charge is -2.36. The van der Waals surface area contributed by atoms with E-state index >= 15 is 0 Å². The van der Waals surface area contributed by atoms with Gasteiger partial charge in [0.05, 0.1) is 22.6 Å². The normalized spacial score (nSPS) is 16.8. The summed E-state index contributed by atoms with van der Waals surface area (Å²) in [6, 6.07) is 6.52. The van der Waals surface area contributed by atoms with Gasteiger partial charge in [-0.2, -0.15) is 0 Å². The van der Waals surface area contributed by atoms with Crippen molar-refractivity contribution in [3.05, 3.63) is 29.8 Å². The van der Waals surface area contributed by atoms with Crippen LogP contribution in [0.15, 0.2) is 29.2 Å². The summed E-state index contributed by atoms with van der Waals surface area (Å²) in [5, 5.41) is 12.0. The third kappa shape index (κ3) is 5.54. The summed E-state index contributed by atoms with van der Waals surface area (Å²) in [5.41, 5.74) is 0.106. The first kappa shape index (κ1) is 20.4. The molecule has 1 fully saturated rings. The van der Waals surface area contributed by atoms with Crippen molar-refractivity contribution in [2.75, 3.05) is 19.0 Å². The Morgan fingerprint density at radius 1 is 1.19 bits per heavy atom. The van der Waals surface area contributed by atoms with Crippen LogP contribution in [0.4, 0.5) is 0 Å². The van der Waals surface area contributed by atoms with Gasteiger partial charge in [0, 0.05) is 19.6 Å². The molecule has 0 atom stereocenters. The van der Waals surface area contributed by atoms with Crippen LogP contribution in [0.25, 0.3) is 0 Å². The monoisotopic (exact) mass is 383 g/mol. The molecule has 1 aliphatic heterocycles. The number of hydrogen-bond donors (Lipinski definition) is 2. The molecule has 144 valence electrons. The molecule has 0 spiro atoms. The zero-order chi connectivity index (χ0) is 19.2. The van der Waals surface area contributed by atoms with Gasteiger partial charge in [0.15, 0.2) is 9.84 Å². The van der Waals surface area contributed by atoms with Crippen molar-refractivity contribution in [1.29, 1.82) is 0 Å². The molecule has 1 aromatic rings. The number of aliphatic carboxylic acids is 1. The Labute approximate surface area is 153 Å². The lowest BCUT2D eigenvalue weighted by atomic mass is 9.86. The molecule has 0 unspecified atom stereocenters. The first-order chi connectivity index (χ1) is 12.3. The van der Waals surface area contributed by atoms with Crippen LogP contribution in [0.5, 0.6) is 0 Å². The summed E-state index contributed by atoms with van der Waals surface area (Å²) >= 11 is 0. The van der Waals surface area contributed by atoms with Gasteiger partial charge in [-0.1, -0.05) is 19.1 Å². The predicted octanol–water partition coefficient (Wildman–Crippen LogP) is 1.55. The Balaban J connectivity index is 1.94. The maximum atomic E-state index is 12.3. The minimum absolute atomic E-state index is 0.0458. The zero-order valence-electron chi connectivity index (χ0n) is 14.9. The second kappa shape index (κ2) is 8.64. The van der Waals surface area contributed by atoms with Crippen LogP contribution in [0, 0.1) is 0 Å². The minimum atomic E-state index is -3.23. The highest BCUT2D eigenvalue weighted by Gasteiger charge is 2.36. The van der Waals surface area contributed by atoms with Gasteiger partial charge in [0.1, 0.15) is 0 Å². The van der Waals surface area contributed by atoms with E-state index in [1.54, 1.807) is 31.2 Å². The van der Waals surface area contributed by atoms with Crippen LogP contribution in [-0.4, -0.2) is 49.9 Å². The van der Waals surface area contributed by atoms with Crippen LogP contribution < -0.4 is 5.32 Å². The lowest BCUT2D eigenvalue weighted by molar-refractivity contribution is -0.140. The summed E-state index contributed by atoms with van der Waals surface area (Å²) in [4.78, 5) is 23.7. The van der Waals surface area contributed by atoms with Gasteiger partial charge < -0.3 is 15.2 Å². The highest BCUT2D eigenvalue weighted by Crippen LogP contribution is 2.25. The summed E-state index contributed by atoms with van der Waals surface area (Å²) in [6.45, 7) is 2.46. The fourth-order valence-electron chi connectivity index (χ4n) is 3.04. The Morgan fingerprint density at radius 2 is 1.81 bits per heavy atom. The van der Waals surface area contributed by atoms with Gasteiger partial charge in [-0.05, 0) is 37.0 Å². The van der Waals surface area contributed by atoms with Crippen molar-refractivity contribution < 1.29 is 27.9 Å². The third-order valence-corrected chi connectivity index (χ3v) is 6.40. The number of hydrogen-bond acceptors (Lipinski definition) is 5. The molecule has 1 aromatic carbocycles. The SMILES string of the molecule is CCS(=O)(=O)c1ccc(CCC(=O)NC2(CC(=O)O)CCOCC2)cc1. The highest BCUT2D eigenvalue weighted by molar-refractivity contribution is 7.91. The largest absolute Gasteiger partial charge is 0.481 e. The van der Waals surface area contributed by atoms with Crippen LogP contribution in [0.2, 0.25) is 0 Å². The Morgan fingerprint density at radius 3 is 2.35 bits per heavy atom. The van der Waals surface area contributed by atoms with E-state index in [0.717, 1.165) is 5.56 Å². The van der Waals surface area contributed by atoms with Gasteiger partial charge in [-0.25, -0.2) is 8.42 Å². The van der Waals surface area contributed by atoms with E-state index in [1.165, 1.54) is 0 Å². The Kier molecular flexibility index (Phi) is 6.77. The maximum Gasteiger partial charge on any atom is 0.305 e. The average molecular weight is 383 g/mol. The van der Waals surface area contributed by atoms with Gasteiger partial charge in [0.25, 0.3) is 0 Å². The molecule has 0 aliphatic carbocycles. The zero-order valence-corrected chi connectivity index (χ0v) is 15.7. The molecule has 1 aliphatic rings. The number of aryl methyl sites for hydroxylation is 1. The smallest absolute Gasteiger partial charge is 0.305 e. The average Bonchev–Trinajstić information content (AvgIpc) is 2.60. The number of carboxylic acid groups (broad SMARTS) is 1. The molecular weight excluding hydrogens is 358 g/mol. The molecule has 26 heavy (non-hydrogen) atoms. The van der Waals surface area contributed by atoms with E-state index in [2.05, 4.69) is 5.32 Å². The number of sulfone groups is 1. The molecule has 1 heterocycles. The number of ether oxygens (including phenoxy) is 1. The predicted molar refractivity (Wildman–Crippen MR) is 95.7 cm³/mol. The van der Waals surface area contributed by atoms with E-state index in [0.29, 0.717) is 32.5 Å². The van der Waals surface area contributed by atoms with Gasteiger partial charge >= 0.3 is 5.97 Å². The van der Waals surface area contributed by atoms with E-state index in [1.807, 2.05) is 0 Å². The maximum absolute atomic E-state index is 12.3. The number of carbonyl (C=O) groups is 2. The number of nitrogens with one attached hydrogen (secondary N) is 1. The highest BCUT2D eigenvalue weighted by atomic mass is 32.2. The second-order valence-corrected chi connectivity index (χ2v) is 8.84. The number of amides is 1. The van der Waals surface area contributed by atoms with Crippen LogP contribution in [0.3, 0.4) is 0 Å². The van der Waals surface area contributed by atoms with Crippen LogP contribution in [0.1, 0.15) is 38.2 Å². The molecular formula is C18H25NO6S. The van der Waals surface area contributed by atoms with Crippen molar-refractivity contribution in [2.45, 2.75) is 49.5 Å². The summed E-state index contributed by atoms with van der Waals surface area (Å²) < 4.78 is 28.9. The number of rotatable bonds is 8. The van der Waals surface area contributed by atoms with Gasteiger partial charge in [-0.15, -0.1) is 0 Å². The fourth-order valence-corrected chi connectivity index (χ4v) is 3.93. The van der Waals surface area contributed by atoms with Crippen molar-refractivity contribution in [1.82, 2.24) is 5.32 Å². The minimum Gasteiger partial charge on any atom is -0.481 e. The molecule has 0 saturated carbocycles. The topological polar surface area (TPSA) is 110 Å². The van der Waals surface area contributed by atoms with Crippen molar-refractivity contribution in [3.8, 4) is 0 Å². The Bertz CT molecular complexity index is 735. The van der Waals surface area contributed by atoms with Crippen molar-refractivity contribution >= 4 is 21.7 Å². The van der Waals surface area contributed by atoms with Gasteiger partial charge in [-0.3, -0.25) is 9.59 Å². The molecule has 0 radical (unpaired) electrons. The van der Waals surface area contributed by atoms with E-state index in [9.17, 15) is 18.0 Å². The molecule has 1 amide bonds. The third-order valence-electron chi connectivity index (χ3n) is 4.65. The first-order valence-electron chi connectivity index (χ1n) is 8.69. The number of carboxylic acids is 1. The number of benzene rings is 1. The molecule has 8 heteroatoms. The fraction of sp³-hybridized carbons (Fsp3) is 0.556. The standard InChI is InChI=1S/C18H25NO6S/c1-2-26(23,24)15-6-3-14(4-7-15)5-8-16(20)19-18(13-17(21)22)9-11-25-12-10-18/h3-4,6-7H,2,5,8-13H2,1H3,(H,19,20)(H,21,22). The van der Waals surface area contributed by atoms with E-state index in [-0.39, 0.29) is 29.4 Å². The molecule has 2 N–H and O–H groups in total. The van der Waals surface area contributed by atoms with Crippen LogP contribution >= 0.6 is 0 Å². The van der Waals surface area contributed by atoms with Crippen molar-refractivity contribution in [3.63, 3.8) is 0 Å². The van der Waals surface area contributed by atoms with Crippen LogP contribution in [-0.2, 0) is 30.6 Å².